The second-order valence-electron chi connectivity index (χ2n) is 5.80. The Morgan fingerprint density at radius 1 is 1.58 bits per heavy atom. The van der Waals surface area contributed by atoms with Gasteiger partial charge in [-0.15, -0.1) is 11.3 Å². The third-order valence-electron chi connectivity index (χ3n) is 4.07. The monoisotopic (exact) mass is 282 g/mol. The molecule has 1 aromatic rings. The number of rotatable bonds is 5. The zero-order valence-corrected chi connectivity index (χ0v) is 13.3. The topological polar surface area (TPSA) is 34.2 Å². The van der Waals surface area contributed by atoms with Crippen molar-refractivity contribution < 1.29 is 4.74 Å². The number of nitrogens with one attached hydrogen (secondary N) is 1. The van der Waals surface area contributed by atoms with Crippen LogP contribution >= 0.6 is 11.3 Å². The Labute approximate surface area is 120 Å². The van der Waals surface area contributed by atoms with E-state index in [9.17, 15) is 0 Å². The van der Waals surface area contributed by atoms with E-state index in [4.69, 9.17) is 9.72 Å². The van der Waals surface area contributed by atoms with Gasteiger partial charge in [0.15, 0.2) is 0 Å². The Morgan fingerprint density at radius 3 is 2.95 bits per heavy atom. The van der Waals surface area contributed by atoms with Crippen LogP contribution in [0.5, 0.6) is 0 Å². The number of hydrogen-bond donors (Lipinski definition) is 1. The highest BCUT2D eigenvalue weighted by molar-refractivity contribution is 7.09. The van der Waals surface area contributed by atoms with E-state index in [0.717, 1.165) is 25.9 Å². The van der Waals surface area contributed by atoms with Crippen LogP contribution in [0.25, 0.3) is 0 Å². The average molecular weight is 282 g/mol. The summed E-state index contributed by atoms with van der Waals surface area (Å²) < 4.78 is 5.89. The standard InChI is InChI=1S/C15H26N2OS/c1-5-6-12-9-15(16-4,7-8-18-12)14-17-13(10-19-14)11(2)3/h10-12,16H,5-9H2,1-4H3. The lowest BCUT2D eigenvalue weighted by Gasteiger charge is -2.39. The molecule has 0 radical (unpaired) electrons. The molecule has 0 saturated carbocycles. The molecule has 19 heavy (non-hydrogen) atoms. The molecule has 2 rings (SSSR count). The second-order valence-corrected chi connectivity index (χ2v) is 6.66. The van der Waals surface area contributed by atoms with Crippen molar-refractivity contribution in [2.24, 2.45) is 0 Å². The summed E-state index contributed by atoms with van der Waals surface area (Å²) in [7, 11) is 2.06. The molecule has 2 heterocycles. The first-order chi connectivity index (χ1) is 9.11. The third-order valence-corrected chi connectivity index (χ3v) is 5.14. The summed E-state index contributed by atoms with van der Waals surface area (Å²) in [6.45, 7) is 7.46. The normalized spacial score (nSPS) is 27.9. The van der Waals surface area contributed by atoms with Crippen molar-refractivity contribution in [3.8, 4) is 0 Å². The van der Waals surface area contributed by atoms with Crippen LogP contribution in [-0.4, -0.2) is 24.7 Å². The lowest BCUT2D eigenvalue weighted by Crippen LogP contribution is -2.47. The Bertz CT molecular complexity index is 403. The summed E-state index contributed by atoms with van der Waals surface area (Å²) in [5, 5.41) is 6.99. The van der Waals surface area contributed by atoms with Gasteiger partial charge in [0.2, 0.25) is 0 Å². The van der Waals surface area contributed by atoms with Gasteiger partial charge in [0.25, 0.3) is 0 Å². The lowest BCUT2D eigenvalue weighted by atomic mass is 9.86. The van der Waals surface area contributed by atoms with Crippen molar-refractivity contribution in [3.05, 3.63) is 16.1 Å². The highest BCUT2D eigenvalue weighted by Gasteiger charge is 2.39. The van der Waals surface area contributed by atoms with E-state index < -0.39 is 0 Å². The molecule has 0 amide bonds. The minimum absolute atomic E-state index is 0.0237. The van der Waals surface area contributed by atoms with Gasteiger partial charge in [-0.05, 0) is 32.2 Å². The molecule has 1 saturated heterocycles. The van der Waals surface area contributed by atoms with Crippen molar-refractivity contribution in [3.63, 3.8) is 0 Å². The zero-order valence-electron chi connectivity index (χ0n) is 12.5. The molecule has 1 fully saturated rings. The molecule has 1 aromatic heterocycles. The summed E-state index contributed by atoms with van der Waals surface area (Å²) in [5.74, 6) is 0.505. The van der Waals surface area contributed by atoms with E-state index in [2.05, 4.69) is 38.5 Å². The molecule has 1 aliphatic heterocycles. The predicted octanol–water partition coefficient (Wildman–Crippen LogP) is 3.66. The molecular weight excluding hydrogens is 256 g/mol. The summed E-state index contributed by atoms with van der Waals surface area (Å²) in [6, 6.07) is 0. The summed E-state index contributed by atoms with van der Waals surface area (Å²) in [5.41, 5.74) is 1.24. The van der Waals surface area contributed by atoms with Crippen LogP contribution in [0, 0.1) is 0 Å². The zero-order chi connectivity index (χ0) is 13.9. The van der Waals surface area contributed by atoms with Crippen LogP contribution in [0.4, 0.5) is 0 Å². The van der Waals surface area contributed by atoms with Gasteiger partial charge in [0.05, 0.1) is 17.3 Å². The van der Waals surface area contributed by atoms with E-state index in [-0.39, 0.29) is 5.54 Å². The first-order valence-corrected chi connectivity index (χ1v) is 8.25. The van der Waals surface area contributed by atoms with Gasteiger partial charge in [-0.25, -0.2) is 4.98 Å². The lowest BCUT2D eigenvalue weighted by molar-refractivity contribution is -0.0330. The molecule has 2 atom stereocenters. The SMILES string of the molecule is CCCC1CC(NC)(c2nc(C(C)C)cs2)CCO1. The Hall–Kier alpha value is -0.450. The van der Waals surface area contributed by atoms with Crippen molar-refractivity contribution in [1.82, 2.24) is 10.3 Å². The molecule has 0 spiro atoms. The maximum atomic E-state index is 5.89. The van der Waals surface area contributed by atoms with Crippen LogP contribution in [0.2, 0.25) is 0 Å². The van der Waals surface area contributed by atoms with E-state index in [1.807, 2.05) is 0 Å². The van der Waals surface area contributed by atoms with Crippen LogP contribution in [0.3, 0.4) is 0 Å². The van der Waals surface area contributed by atoms with Gasteiger partial charge in [-0.2, -0.15) is 0 Å². The van der Waals surface area contributed by atoms with E-state index in [1.165, 1.54) is 17.1 Å². The summed E-state index contributed by atoms with van der Waals surface area (Å²) in [6.07, 6.45) is 4.76. The molecule has 0 bridgehead atoms. The van der Waals surface area contributed by atoms with Gasteiger partial charge >= 0.3 is 0 Å². The van der Waals surface area contributed by atoms with Gasteiger partial charge in [-0.3, -0.25) is 0 Å². The Morgan fingerprint density at radius 2 is 2.37 bits per heavy atom. The van der Waals surface area contributed by atoms with Crippen molar-refractivity contribution in [2.45, 2.75) is 64.0 Å². The smallest absolute Gasteiger partial charge is 0.113 e. The van der Waals surface area contributed by atoms with Gasteiger partial charge < -0.3 is 10.1 Å². The largest absolute Gasteiger partial charge is 0.378 e. The minimum atomic E-state index is 0.0237. The Kier molecular flexibility index (Phi) is 4.98. The van der Waals surface area contributed by atoms with E-state index >= 15 is 0 Å². The molecule has 4 heteroatoms. The fraction of sp³-hybridized carbons (Fsp3) is 0.800. The maximum absolute atomic E-state index is 5.89. The number of nitrogens with zero attached hydrogens (tertiary/aromatic N) is 1. The third kappa shape index (κ3) is 3.18. The molecule has 2 unspecified atom stereocenters. The van der Waals surface area contributed by atoms with Gasteiger partial charge in [-0.1, -0.05) is 27.2 Å². The number of hydrogen-bond acceptors (Lipinski definition) is 4. The fourth-order valence-electron chi connectivity index (χ4n) is 2.76. The average Bonchev–Trinajstić information content (AvgIpc) is 2.89. The van der Waals surface area contributed by atoms with Crippen LogP contribution in [0.15, 0.2) is 5.38 Å². The Balaban J connectivity index is 2.20. The minimum Gasteiger partial charge on any atom is -0.378 e. The summed E-state index contributed by atoms with van der Waals surface area (Å²) >= 11 is 1.80. The van der Waals surface area contributed by atoms with Crippen LogP contribution in [0.1, 0.15) is 63.1 Å². The molecule has 0 aliphatic carbocycles. The first kappa shape index (κ1) is 14.9. The number of thiazole rings is 1. The number of ether oxygens (including phenoxy) is 1. The fourth-order valence-corrected chi connectivity index (χ4v) is 3.98. The molecule has 3 nitrogen and oxygen atoms in total. The van der Waals surface area contributed by atoms with E-state index in [1.54, 1.807) is 11.3 Å². The quantitative estimate of drug-likeness (QED) is 0.895. The van der Waals surface area contributed by atoms with E-state index in [0.29, 0.717) is 12.0 Å². The first-order valence-electron chi connectivity index (χ1n) is 7.37. The van der Waals surface area contributed by atoms with Gasteiger partial charge in [0, 0.05) is 12.0 Å². The summed E-state index contributed by atoms with van der Waals surface area (Å²) in [4.78, 5) is 4.87. The molecule has 108 valence electrons. The van der Waals surface area contributed by atoms with Crippen LogP contribution < -0.4 is 5.32 Å². The molecule has 0 aromatic carbocycles. The number of aromatic nitrogens is 1. The predicted molar refractivity (Wildman–Crippen MR) is 80.8 cm³/mol. The highest BCUT2D eigenvalue weighted by atomic mass is 32.1. The molecule has 1 N–H and O–H groups in total. The highest BCUT2D eigenvalue weighted by Crippen LogP contribution is 2.38. The van der Waals surface area contributed by atoms with Crippen molar-refractivity contribution in [2.75, 3.05) is 13.7 Å². The van der Waals surface area contributed by atoms with Crippen molar-refractivity contribution >= 4 is 11.3 Å². The maximum Gasteiger partial charge on any atom is 0.113 e. The van der Waals surface area contributed by atoms with Gasteiger partial charge in [0.1, 0.15) is 5.01 Å². The second kappa shape index (κ2) is 6.33. The van der Waals surface area contributed by atoms with Crippen LogP contribution in [-0.2, 0) is 10.3 Å². The molecular formula is C15H26N2OS. The molecule has 1 aliphatic rings. The van der Waals surface area contributed by atoms with Crippen molar-refractivity contribution in [1.29, 1.82) is 0 Å².